The maximum Gasteiger partial charge on any atom is 0.251 e. The van der Waals surface area contributed by atoms with Gasteiger partial charge in [-0.1, -0.05) is 26.7 Å². The van der Waals surface area contributed by atoms with Gasteiger partial charge in [0, 0.05) is 19.1 Å². The van der Waals surface area contributed by atoms with E-state index in [-0.39, 0.29) is 18.1 Å². The summed E-state index contributed by atoms with van der Waals surface area (Å²) in [6, 6.07) is 0.408. The Morgan fingerprint density at radius 2 is 2.05 bits per heavy atom. The minimum absolute atomic E-state index is 0.0828. The molecule has 2 aliphatic rings. The summed E-state index contributed by atoms with van der Waals surface area (Å²) >= 11 is 0. The Morgan fingerprint density at radius 1 is 1.25 bits per heavy atom. The molecule has 2 saturated heterocycles. The Kier molecular flexibility index (Phi) is 5.85. The zero-order valence-corrected chi connectivity index (χ0v) is 13.0. The fourth-order valence-corrected chi connectivity index (χ4v) is 3.50. The average Bonchev–Trinajstić information content (AvgIpc) is 2.79. The second kappa shape index (κ2) is 7.41. The first kappa shape index (κ1) is 15.8. The van der Waals surface area contributed by atoms with Crippen LogP contribution in [0.3, 0.4) is 0 Å². The Hall–Kier alpha value is -0.610. The molecule has 2 rings (SSSR count). The van der Waals surface area contributed by atoms with Crippen molar-refractivity contribution in [2.75, 3.05) is 13.1 Å². The van der Waals surface area contributed by atoms with Crippen LogP contribution in [0.15, 0.2) is 0 Å². The fourth-order valence-electron chi connectivity index (χ4n) is 3.50. The normalized spacial score (nSPS) is 31.6. The van der Waals surface area contributed by atoms with Crippen molar-refractivity contribution in [2.45, 2.75) is 77.0 Å². The topological polar surface area (TPSA) is 55.6 Å². The van der Waals surface area contributed by atoms with Gasteiger partial charge in [-0.15, -0.1) is 0 Å². The number of amides is 1. The highest BCUT2D eigenvalue weighted by atomic mass is 16.5. The first-order valence-corrected chi connectivity index (χ1v) is 8.27. The molecule has 1 unspecified atom stereocenters. The minimum Gasteiger partial charge on any atom is -0.364 e. The third kappa shape index (κ3) is 3.95. The number of ether oxygens (including phenoxy) is 1. The van der Waals surface area contributed by atoms with Crippen molar-refractivity contribution >= 4 is 5.91 Å². The summed E-state index contributed by atoms with van der Waals surface area (Å²) in [6.07, 6.45) is 7.49. The van der Waals surface area contributed by atoms with Crippen LogP contribution in [0.25, 0.3) is 0 Å². The molecular weight excluding hydrogens is 252 g/mol. The predicted molar refractivity (Wildman–Crippen MR) is 80.4 cm³/mol. The van der Waals surface area contributed by atoms with E-state index in [1.165, 1.54) is 12.8 Å². The van der Waals surface area contributed by atoms with Crippen LogP contribution < -0.4 is 5.73 Å². The van der Waals surface area contributed by atoms with Crippen molar-refractivity contribution in [3.63, 3.8) is 0 Å². The van der Waals surface area contributed by atoms with Crippen LogP contribution in [0, 0.1) is 5.92 Å². The van der Waals surface area contributed by atoms with E-state index in [2.05, 4.69) is 18.7 Å². The molecule has 0 aromatic carbocycles. The summed E-state index contributed by atoms with van der Waals surface area (Å²) in [7, 11) is 0. The summed E-state index contributed by atoms with van der Waals surface area (Å²) in [6.45, 7) is 5.91. The molecule has 2 N–H and O–H groups in total. The maximum atomic E-state index is 12.8. The van der Waals surface area contributed by atoms with Gasteiger partial charge in [0.25, 0.3) is 5.91 Å². The van der Waals surface area contributed by atoms with Gasteiger partial charge in [-0.25, -0.2) is 0 Å². The second-order valence-electron chi connectivity index (χ2n) is 6.72. The number of carbonyl (C=O) groups excluding carboxylic acids is 1. The molecule has 4 nitrogen and oxygen atoms in total. The van der Waals surface area contributed by atoms with E-state index in [0.29, 0.717) is 18.5 Å². The molecule has 0 aromatic heterocycles. The first-order valence-electron chi connectivity index (χ1n) is 8.27. The number of likely N-dealkylation sites (tertiary alicyclic amines) is 1. The lowest BCUT2D eigenvalue weighted by atomic mass is 9.98. The Bertz CT molecular complexity index is 320. The molecule has 2 aliphatic heterocycles. The molecular formula is C16H30N2O2. The van der Waals surface area contributed by atoms with E-state index in [0.717, 1.165) is 38.6 Å². The number of nitrogens with zero attached hydrogens (tertiary/aromatic N) is 1. The zero-order valence-electron chi connectivity index (χ0n) is 13.0. The highest BCUT2D eigenvalue weighted by Gasteiger charge is 2.35. The monoisotopic (exact) mass is 282 g/mol. The van der Waals surface area contributed by atoms with E-state index in [9.17, 15) is 4.79 Å². The molecule has 20 heavy (non-hydrogen) atoms. The van der Waals surface area contributed by atoms with Gasteiger partial charge in [-0.05, 0) is 38.0 Å². The molecule has 2 heterocycles. The molecule has 116 valence electrons. The molecule has 0 spiro atoms. The zero-order chi connectivity index (χ0) is 14.5. The predicted octanol–water partition coefficient (Wildman–Crippen LogP) is 2.31. The van der Waals surface area contributed by atoms with E-state index in [4.69, 9.17) is 10.5 Å². The molecule has 3 atom stereocenters. The van der Waals surface area contributed by atoms with Crippen molar-refractivity contribution in [1.82, 2.24) is 4.90 Å². The lowest BCUT2D eigenvalue weighted by Gasteiger charge is -2.33. The summed E-state index contributed by atoms with van der Waals surface area (Å²) in [5.41, 5.74) is 5.64. The average molecular weight is 282 g/mol. The van der Waals surface area contributed by atoms with Crippen LogP contribution in [-0.4, -0.2) is 42.1 Å². The van der Waals surface area contributed by atoms with Gasteiger partial charge in [0.1, 0.15) is 6.10 Å². The van der Waals surface area contributed by atoms with Crippen LogP contribution in [0.4, 0.5) is 0 Å². The summed E-state index contributed by atoms with van der Waals surface area (Å²) in [5.74, 6) is 0.850. The molecule has 0 saturated carbocycles. The lowest BCUT2D eigenvalue weighted by molar-refractivity contribution is -0.145. The van der Waals surface area contributed by atoms with Gasteiger partial charge >= 0.3 is 0 Å². The number of nitrogens with two attached hydrogens (primary N) is 1. The Labute approximate surface area is 123 Å². The van der Waals surface area contributed by atoms with Crippen LogP contribution in [-0.2, 0) is 9.53 Å². The van der Waals surface area contributed by atoms with Crippen molar-refractivity contribution in [3.8, 4) is 0 Å². The second-order valence-corrected chi connectivity index (χ2v) is 6.72. The van der Waals surface area contributed by atoms with Gasteiger partial charge in [0.2, 0.25) is 0 Å². The number of carbonyl (C=O) groups is 1. The van der Waals surface area contributed by atoms with Gasteiger partial charge in [0.15, 0.2) is 0 Å². The molecule has 0 radical (unpaired) electrons. The molecule has 4 heteroatoms. The van der Waals surface area contributed by atoms with Gasteiger partial charge in [-0.3, -0.25) is 4.79 Å². The highest BCUT2D eigenvalue weighted by Crippen LogP contribution is 2.27. The van der Waals surface area contributed by atoms with Crippen molar-refractivity contribution in [2.24, 2.45) is 11.7 Å². The first-order chi connectivity index (χ1) is 9.61. The molecule has 2 fully saturated rings. The Balaban J connectivity index is 2.00. The summed E-state index contributed by atoms with van der Waals surface area (Å²) in [5, 5.41) is 0. The summed E-state index contributed by atoms with van der Waals surface area (Å²) < 4.78 is 5.80. The van der Waals surface area contributed by atoms with E-state index >= 15 is 0 Å². The standard InChI is InChI=1S/C16H30N2O2/c1-12(2)10-13-6-4-3-5-9-18(13)16(19)15-8-7-14(11-17)20-15/h12-15H,3-11,17H2,1-2H3/t13?,14-,15+/m1/s1. The molecule has 0 bridgehead atoms. The van der Waals surface area contributed by atoms with Gasteiger partial charge < -0.3 is 15.4 Å². The van der Waals surface area contributed by atoms with E-state index in [1.807, 2.05) is 0 Å². The molecule has 0 aromatic rings. The number of hydrogen-bond donors (Lipinski definition) is 1. The largest absolute Gasteiger partial charge is 0.364 e. The maximum absolute atomic E-state index is 12.8. The summed E-state index contributed by atoms with van der Waals surface area (Å²) in [4.78, 5) is 14.9. The minimum atomic E-state index is -0.240. The highest BCUT2D eigenvalue weighted by molar-refractivity contribution is 5.81. The van der Waals surface area contributed by atoms with Crippen molar-refractivity contribution in [1.29, 1.82) is 0 Å². The van der Waals surface area contributed by atoms with Gasteiger partial charge in [0.05, 0.1) is 6.10 Å². The van der Waals surface area contributed by atoms with Crippen LogP contribution >= 0.6 is 0 Å². The lowest BCUT2D eigenvalue weighted by Crippen LogP contribution is -2.46. The van der Waals surface area contributed by atoms with Gasteiger partial charge in [-0.2, -0.15) is 0 Å². The fraction of sp³-hybridized carbons (Fsp3) is 0.938. The number of rotatable bonds is 4. The smallest absolute Gasteiger partial charge is 0.251 e. The molecule has 0 aliphatic carbocycles. The number of hydrogen-bond acceptors (Lipinski definition) is 3. The quantitative estimate of drug-likeness (QED) is 0.861. The molecule has 1 amide bonds. The van der Waals surface area contributed by atoms with Crippen LogP contribution in [0.2, 0.25) is 0 Å². The van der Waals surface area contributed by atoms with E-state index in [1.54, 1.807) is 0 Å². The van der Waals surface area contributed by atoms with Crippen molar-refractivity contribution in [3.05, 3.63) is 0 Å². The van der Waals surface area contributed by atoms with Crippen molar-refractivity contribution < 1.29 is 9.53 Å². The Morgan fingerprint density at radius 3 is 2.70 bits per heavy atom. The SMILES string of the molecule is CC(C)CC1CCCCCN1C(=O)[C@@H]1CC[C@H](CN)O1. The third-order valence-corrected chi connectivity index (χ3v) is 4.55. The van der Waals surface area contributed by atoms with E-state index < -0.39 is 0 Å². The van der Waals surface area contributed by atoms with Crippen LogP contribution in [0.1, 0.15) is 58.8 Å². The third-order valence-electron chi connectivity index (χ3n) is 4.55. The van der Waals surface area contributed by atoms with Crippen LogP contribution in [0.5, 0.6) is 0 Å².